The van der Waals surface area contributed by atoms with Crippen molar-refractivity contribution in [1.82, 2.24) is 9.78 Å². The van der Waals surface area contributed by atoms with Crippen LogP contribution in [-0.4, -0.2) is 14.7 Å². The van der Waals surface area contributed by atoms with Crippen molar-refractivity contribution in [3.63, 3.8) is 0 Å². The number of rotatable bonds is 2. The third-order valence-corrected chi connectivity index (χ3v) is 3.20. The van der Waals surface area contributed by atoms with Crippen LogP contribution in [-0.2, 0) is 6.18 Å². The summed E-state index contributed by atoms with van der Waals surface area (Å²) in [7, 11) is 0. The number of nitro groups is 1. The number of alkyl halides is 3. The Bertz CT molecular complexity index is 854. The zero-order chi connectivity index (χ0) is 15.9. The average Bonchev–Trinajstić information content (AvgIpc) is 2.89. The monoisotopic (exact) mass is 307 g/mol. The summed E-state index contributed by atoms with van der Waals surface area (Å²) in [6, 6.07) is 8.66. The zero-order valence-corrected chi connectivity index (χ0v) is 10.9. The highest BCUT2D eigenvalue weighted by molar-refractivity contribution is 5.82. The Balaban J connectivity index is 2.10. The summed E-state index contributed by atoms with van der Waals surface area (Å²) in [6.07, 6.45) is -2.92. The fraction of sp³-hybridized carbons (Fsp3) is 0.0714. The predicted octanol–water partition coefficient (Wildman–Crippen LogP) is 3.95. The standard InChI is InChI=1S/C14H8F3N3O2/c15-14(16,17)10-2-5-11(6-3-10)19-13-7-12(20(21)22)4-1-9(13)8-18-19/h1-8H. The second-order valence-corrected chi connectivity index (χ2v) is 4.60. The van der Waals surface area contributed by atoms with Crippen molar-refractivity contribution in [2.24, 2.45) is 0 Å². The number of halogens is 3. The van der Waals surface area contributed by atoms with Gasteiger partial charge < -0.3 is 0 Å². The third-order valence-electron chi connectivity index (χ3n) is 3.20. The molecule has 0 radical (unpaired) electrons. The van der Waals surface area contributed by atoms with Crippen molar-refractivity contribution in [3.05, 3.63) is 64.3 Å². The Morgan fingerprint density at radius 1 is 1.09 bits per heavy atom. The van der Waals surface area contributed by atoms with Crippen LogP contribution in [0.4, 0.5) is 18.9 Å². The van der Waals surface area contributed by atoms with E-state index in [2.05, 4.69) is 5.10 Å². The minimum absolute atomic E-state index is 0.110. The molecule has 1 heterocycles. The van der Waals surface area contributed by atoms with Crippen LogP contribution < -0.4 is 0 Å². The van der Waals surface area contributed by atoms with E-state index in [0.717, 1.165) is 12.1 Å². The molecule has 0 atom stereocenters. The highest BCUT2D eigenvalue weighted by Crippen LogP contribution is 2.30. The van der Waals surface area contributed by atoms with Crippen molar-refractivity contribution >= 4 is 16.6 Å². The molecule has 3 rings (SSSR count). The number of hydrogen-bond donors (Lipinski definition) is 0. The summed E-state index contributed by atoms with van der Waals surface area (Å²) in [5.74, 6) is 0. The molecule has 8 heteroatoms. The van der Waals surface area contributed by atoms with Gasteiger partial charge in [-0.3, -0.25) is 10.1 Å². The molecule has 5 nitrogen and oxygen atoms in total. The molecule has 112 valence electrons. The van der Waals surface area contributed by atoms with Gasteiger partial charge >= 0.3 is 6.18 Å². The van der Waals surface area contributed by atoms with Crippen LogP contribution in [0.2, 0.25) is 0 Å². The number of hydrogen-bond acceptors (Lipinski definition) is 3. The normalized spacial score (nSPS) is 11.8. The van der Waals surface area contributed by atoms with Crippen LogP contribution in [0.15, 0.2) is 48.7 Å². The van der Waals surface area contributed by atoms with Crippen molar-refractivity contribution in [2.45, 2.75) is 6.18 Å². The smallest absolute Gasteiger partial charge is 0.258 e. The minimum atomic E-state index is -4.41. The van der Waals surface area contributed by atoms with Crippen LogP contribution in [0.5, 0.6) is 0 Å². The van der Waals surface area contributed by atoms with Crippen molar-refractivity contribution < 1.29 is 18.1 Å². The Morgan fingerprint density at radius 3 is 2.36 bits per heavy atom. The first-order valence-electron chi connectivity index (χ1n) is 6.16. The lowest BCUT2D eigenvalue weighted by atomic mass is 10.2. The van der Waals surface area contributed by atoms with Gasteiger partial charge in [-0.1, -0.05) is 0 Å². The average molecular weight is 307 g/mol. The number of non-ortho nitro benzene ring substituents is 1. The zero-order valence-electron chi connectivity index (χ0n) is 10.9. The van der Waals surface area contributed by atoms with E-state index in [4.69, 9.17) is 0 Å². The number of nitro benzene ring substituents is 1. The lowest BCUT2D eigenvalue weighted by Crippen LogP contribution is -2.05. The highest BCUT2D eigenvalue weighted by atomic mass is 19.4. The summed E-state index contributed by atoms with van der Waals surface area (Å²) < 4.78 is 39.0. The maximum atomic E-state index is 12.6. The molecule has 0 spiro atoms. The van der Waals surface area contributed by atoms with Gasteiger partial charge in [-0.25, -0.2) is 4.68 Å². The summed E-state index contributed by atoms with van der Waals surface area (Å²) in [6.45, 7) is 0. The first kappa shape index (κ1) is 14.1. The van der Waals surface area contributed by atoms with E-state index in [9.17, 15) is 23.3 Å². The van der Waals surface area contributed by atoms with E-state index >= 15 is 0 Å². The maximum absolute atomic E-state index is 12.6. The molecule has 0 unspecified atom stereocenters. The molecule has 0 amide bonds. The molecule has 0 fully saturated rings. The van der Waals surface area contributed by atoms with Gasteiger partial charge in [-0.15, -0.1) is 0 Å². The van der Waals surface area contributed by atoms with Gasteiger partial charge in [0, 0.05) is 17.5 Å². The largest absolute Gasteiger partial charge is 0.416 e. The summed E-state index contributed by atoms with van der Waals surface area (Å²) in [5.41, 5.74) is -0.0303. The van der Waals surface area contributed by atoms with E-state index in [1.54, 1.807) is 6.07 Å². The number of benzene rings is 2. The van der Waals surface area contributed by atoms with Crippen LogP contribution in [0, 0.1) is 10.1 Å². The number of nitrogens with zero attached hydrogens (tertiary/aromatic N) is 3. The molecule has 1 aromatic heterocycles. The molecule has 3 aromatic rings. The van der Waals surface area contributed by atoms with E-state index in [0.29, 0.717) is 16.6 Å². The quantitative estimate of drug-likeness (QED) is 0.532. The molecule has 0 aliphatic rings. The molecule has 0 N–H and O–H groups in total. The first-order valence-corrected chi connectivity index (χ1v) is 6.16. The molecular weight excluding hydrogens is 299 g/mol. The molecular formula is C14H8F3N3O2. The Labute approximate surface area is 121 Å². The second-order valence-electron chi connectivity index (χ2n) is 4.60. The van der Waals surface area contributed by atoms with Gasteiger partial charge in [0.25, 0.3) is 5.69 Å². The van der Waals surface area contributed by atoms with E-state index in [1.807, 2.05) is 0 Å². The molecule has 0 saturated carbocycles. The van der Waals surface area contributed by atoms with Crippen LogP contribution in [0.25, 0.3) is 16.6 Å². The highest BCUT2D eigenvalue weighted by Gasteiger charge is 2.30. The Hall–Kier alpha value is -2.90. The van der Waals surface area contributed by atoms with Gasteiger partial charge in [-0.05, 0) is 30.3 Å². The molecule has 0 aliphatic carbocycles. The van der Waals surface area contributed by atoms with E-state index < -0.39 is 16.7 Å². The first-order chi connectivity index (χ1) is 10.4. The fourth-order valence-corrected chi connectivity index (χ4v) is 2.12. The van der Waals surface area contributed by atoms with E-state index in [-0.39, 0.29) is 5.69 Å². The van der Waals surface area contributed by atoms with Crippen LogP contribution in [0.1, 0.15) is 5.56 Å². The SMILES string of the molecule is O=[N+]([O-])c1ccc2cnn(-c3ccc(C(F)(F)F)cc3)c2c1. The summed E-state index contributed by atoms with van der Waals surface area (Å²) in [5, 5.41) is 15.5. The van der Waals surface area contributed by atoms with Crippen molar-refractivity contribution in [1.29, 1.82) is 0 Å². The summed E-state index contributed by atoms with van der Waals surface area (Å²) in [4.78, 5) is 10.3. The van der Waals surface area contributed by atoms with Gasteiger partial charge in [0.15, 0.2) is 0 Å². The Kier molecular flexibility index (Phi) is 3.09. The minimum Gasteiger partial charge on any atom is -0.258 e. The van der Waals surface area contributed by atoms with Gasteiger partial charge in [0.2, 0.25) is 0 Å². The van der Waals surface area contributed by atoms with Gasteiger partial charge in [0.1, 0.15) is 0 Å². The summed E-state index contributed by atoms with van der Waals surface area (Å²) >= 11 is 0. The third kappa shape index (κ3) is 2.39. The van der Waals surface area contributed by atoms with Gasteiger partial charge in [0.05, 0.1) is 27.9 Å². The van der Waals surface area contributed by atoms with Gasteiger partial charge in [-0.2, -0.15) is 18.3 Å². The maximum Gasteiger partial charge on any atom is 0.416 e. The topological polar surface area (TPSA) is 61.0 Å². The second kappa shape index (κ2) is 4.83. The van der Waals surface area contributed by atoms with Crippen molar-refractivity contribution in [2.75, 3.05) is 0 Å². The van der Waals surface area contributed by atoms with E-state index in [1.165, 1.54) is 35.1 Å². The fourth-order valence-electron chi connectivity index (χ4n) is 2.12. The van der Waals surface area contributed by atoms with Crippen LogP contribution in [0.3, 0.4) is 0 Å². The number of fused-ring (bicyclic) bond motifs is 1. The lowest BCUT2D eigenvalue weighted by Gasteiger charge is -2.08. The molecule has 22 heavy (non-hydrogen) atoms. The molecule has 0 aliphatic heterocycles. The Morgan fingerprint density at radius 2 is 1.77 bits per heavy atom. The number of aromatic nitrogens is 2. The van der Waals surface area contributed by atoms with Crippen LogP contribution >= 0.6 is 0 Å². The lowest BCUT2D eigenvalue weighted by molar-refractivity contribution is -0.384. The molecule has 0 saturated heterocycles. The predicted molar refractivity (Wildman–Crippen MR) is 72.7 cm³/mol. The van der Waals surface area contributed by atoms with Crippen molar-refractivity contribution in [3.8, 4) is 5.69 Å². The molecule has 2 aromatic carbocycles. The molecule has 0 bridgehead atoms.